The first-order valence-corrected chi connectivity index (χ1v) is 9.55. The van der Waals surface area contributed by atoms with Crippen molar-refractivity contribution in [1.29, 1.82) is 0 Å². The predicted octanol–water partition coefficient (Wildman–Crippen LogP) is 2.46. The van der Waals surface area contributed by atoms with Crippen molar-refractivity contribution in [2.24, 2.45) is 11.3 Å². The van der Waals surface area contributed by atoms with E-state index in [4.69, 9.17) is 4.74 Å². The molecule has 1 heterocycles. The van der Waals surface area contributed by atoms with Crippen LogP contribution in [0.25, 0.3) is 0 Å². The molecule has 6 nitrogen and oxygen atoms in total. The summed E-state index contributed by atoms with van der Waals surface area (Å²) in [4.78, 5) is 16.1. The minimum Gasteiger partial charge on any atom is -0.466 e. The van der Waals surface area contributed by atoms with E-state index in [1.165, 1.54) is 6.07 Å². The van der Waals surface area contributed by atoms with Gasteiger partial charge in [-0.2, -0.15) is 0 Å². The molecule has 0 amide bonds. The molecule has 1 aliphatic carbocycles. The van der Waals surface area contributed by atoms with Crippen LogP contribution in [0.15, 0.2) is 23.4 Å². The number of hydrogen-bond acceptors (Lipinski definition) is 5. The van der Waals surface area contributed by atoms with E-state index in [0.29, 0.717) is 6.61 Å². The molecular formula is C17H26N2O4S. The van der Waals surface area contributed by atoms with Gasteiger partial charge >= 0.3 is 5.97 Å². The second-order valence-electron chi connectivity index (χ2n) is 7.81. The molecule has 0 radical (unpaired) electrons. The zero-order valence-corrected chi connectivity index (χ0v) is 15.9. The van der Waals surface area contributed by atoms with Crippen molar-refractivity contribution in [3.05, 3.63) is 23.9 Å². The fourth-order valence-electron chi connectivity index (χ4n) is 3.12. The third-order valence-electron chi connectivity index (χ3n) is 4.20. The van der Waals surface area contributed by atoms with E-state index < -0.39 is 15.6 Å². The molecular weight excluding hydrogens is 328 g/mol. The highest BCUT2D eigenvalue weighted by molar-refractivity contribution is 7.89. The number of rotatable bonds is 5. The van der Waals surface area contributed by atoms with Gasteiger partial charge in [-0.3, -0.25) is 4.79 Å². The van der Waals surface area contributed by atoms with Gasteiger partial charge in [-0.25, -0.2) is 18.1 Å². The van der Waals surface area contributed by atoms with Gasteiger partial charge in [-0.1, -0.05) is 19.9 Å². The molecule has 1 saturated carbocycles. The van der Waals surface area contributed by atoms with Crippen molar-refractivity contribution in [3.63, 3.8) is 0 Å². The number of pyridine rings is 1. The van der Waals surface area contributed by atoms with E-state index in [1.807, 2.05) is 13.8 Å². The predicted molar refractivity (Wildman–Crippen MR) is 91.0 cm³/mol. The molecule has 0 saturated heterocycles. The first-order chi connectivity index (χ1) is 10.9. The minimum atomic E-state index is -3.66. The SMILES string of the molecule is CCOC(=O)[C@H]1[C@H](c2ccc(S(=O)(=O)NC(C)(C)C)nc2)C1(C)C. The van der Waals surface area contributed by atoms with Crippen LogP contribution in [0.2, 0.25) is 0 Å². The standard InChI is InChI=1S/C17H26N2O4S/c1-7-23-15(20)14-13(17(14,5)6)11-8-9-12(18-10-11)24(21,22)19-16(2,3)4/h8-10,13-14,19H,7H2,1-6H3/t13-,14+/m0/s1. The molecule has 1 aromatic heterocycles. The molecule has 0 spiro atoms. The summed E-state index contributed by atoms with van der Waals surface area (Å²) in [6.45, 7) is 11.5. The van der Waals surface area contributed by atoms with Crippen molar-refractivity contribution in [2.75, 3.05) is 6.61 Å². The Labute approximate surface area is 144 Å². The Bertz CT molecular complexity index is 718. The number of nitrogens with one attached hydrogen (secondary N) is 1. The normalized spacial score (nSPS) is 22.9. The van der Waals surface area contributed by atoms with Crippen LogP contribution < -0.4 is 4.72 Å². The van der Waals surface area contributed by atoms with Crippen LogP contribution in [-0.2, 0) is 19.6 Å². The van der Waals surface area contributed by atoms with E-state index in [2.05, 4.69) is 9.71 Å². The van der Waals surface area contributed by atoms with Gasteiger partial charge in [-0.15, -0.1) is 0 Å². The number of carbonyl (C=O) groups excluding carboxylic acids is 1. The Morgan fingerprint density at radius 2 is 1.96 bits per heavy atom. The van der Waals surface area contributed by atoms with Crippen LogP contribution in [0, 0.1) is 11.3 Å². The topological polar surface area (TPSA) is 85.4 Å². The molecule has 24 heavy (non-hydrogen) atoms. The number of sulfonamides is 1. The van der Waals surface area contributed by atoms with Crippen LogP contribution in [0.4, 0.5) is 0 Å². The van der Waals surface area contributed by atoms with Gasteiger partial charge in [0.15, 0.2) is 5.03 Å². The third-order valence-corrected chi connectivity index (χ3v) is 5.88. The lowest BCUT2D eigenvalue weighted by molar-refractivity contribution is -0.145. The lowest BCUT2D eigenvalue weighted by Crippen LogP contribution is -2.40. The maximum atomic E-state index is 12.3. The summed E-state index contributed by atoms with van der Waals surface area (Å²) >= 11 is 0. The van der Waals surface area contributed by atoms with Gasteiger partial charge in [0.1, 0.15) is 0 Å². The first-order valence-electron chi connectivity index (χ1n) is 8.06. The van der Waals surface area contributed by atoms with E-state index in [1.54, 1.807) is 40.0 Å². The molecule has 2 atom stereocenters. The van der Waals surface area contributed by atoms with E-state index in [9.17, 15) is 13.2 Å². The van der Waals surface area contributed by atoms with Crippen molar-refractivity contribution < 1.29 is 17.9 Å². The molecule has 134 valence electrons. The monoisotopic (exact) mass is 354 g/mol. The molecule has 1 fully saturated rings. The fourth-order valence-corrected chi connectivity index (χ4v) is 4.47. The number of esters is 1. The fraction of sp³-hybridized carbons (Fsp3) is 0.647. The molecule has 0 bridgehead atoms. The number of hydrogen-bond donors (Lipinski definition) is 1. The summed E-state index contributed by atoms with van der Waals surface area (Å²) in [5.41, 5.74) is 0.0674. The average Bonchev–Trinajstić information content (AvgIpc) is 2.99. The van der Waals surface area contributed by atoms with Gasteiger partial charge < -0.3 is 4.74 Å². The highest BCUT2D eigenvalue weighted by Gasteiger charge is 2.63. The second-order valence-corrected chi connectivity index (χ2v) is 9.44. The van der Waals surface area contributed by atoms with Crippen molar-refractivity contribution in [2.45, 2.75) is 58.0 Å². The second kappa shape index (κ2) is 6.11. The molecule has 0 aliphatic heterocycles. The number of aromatic nitrogens is 1. The summed E-state index contributed by atoms with van der Waals surface area (Å²) < 4.78 is 32.3. The van der Waals surface area contributed by atoms with Crippen molar-refractivity contribution in [3.8, 4) is 0 Å². The zero-order valence-electron chi connectivity index (χ0n) is 15.1. The molecule has 1 aliphatic rings. The molecule has 2 rings (SSSR count). The summed E-state index contributed by atoms with van der Waals surface area (Å²) in [5.74, 6) is -0.426. The Hall–Kier alpha value is -1.47. The first kappa shape index (κ1) is 18.9. The van der Waals surface area contributed by atoms with Gasteiger partial charge in [0, 0.05) is 17.7 Å². The number of carbonyl (C=O) groups is 1. The van der Waals surface area contributed by atoms with Gasteiger partial charge in [0.25, 0.3) is 10.0 Å². The minimum absolute atomic E-state index is 0.00335. The molecule has 0 unspecified atom stereocenters. The number of ether oxygens (including phenoxy) is 1. The lowest BCUT2D eigenvalue weighted by atomic mass is 10.1. The van der Waals surface area contributed by atoms with Crippen molar-refractivity contribution in [1.82, 2.24) is 9.71 Å². The van der Waals surface area contributed by atoms with Crippen LogP contribution in [0.5, 0.6) is 0 Å². The number of nitrogens with zero attached hydrogens (tertiary/aromatic N) is 1. The summed E-state index contributed by atoms with van der Waals surface area (Å²) in [7, 11) is -3.66. The summed E-state index contributed by atoms with van der Waals surface area (Å²) in [6.07, 6.45) is 1.54. The van der Waals surface area contributed by atoms with E-state index >= 15 is 0 Å². The maximum Gasteiger partial charge on any atom is 0.310 e. The van der Waals surface area contributed by atoms with Crippen LogP contribution in [0.1, 0.15) is 53.0 Å². The molecule has 0 aromatic carbocycles. The summed E-state index contributed by atoms with van der Waals surface area (Å²) in [6, 6.07) is 3.22. The molecule has 1 aromatic rings. The van der Waals surface area contributed by atoms with Gasteiger partial charge in [0.05, 0.1) is 12.5 Å². The van der Waals surface area contributed by atoms with E-state index in [-0.39, 0.29) is 28.2 Å². The lowest BCUT2D eigenvalue weighted by Gasteiger charge is -2.19. The van der Waals surface area contributed by atoms with Crippen molar-refractivity contribution >= 4 is 16.0 Å². The largest absolute Gasteiger partial charge is 0.466 e. The van der Waals surface area contributed by atoms with Gasteiger partial charge in [0.2, 0.25) is 0 Å². The quantitative estimate of drug-likeness (QED) is 0.821. The van der Waals surface area contributed by atoms with E-state index in [0.717, 1.165) is 5.56 Å². The van der Waals surface area contributed by atoms with Crippen LogP contribution >= 0.6 is 0 Å². The summed E-state index contributed by atoms with van der Waals surface area (Å²) in [5, 5.41) is -0.0210. The molecule has 1 N–H and O–H groups in total. The van der Waals surface area contributed by atoms with Crippen LogP contribution in [0.3, 0.4) is 0 Å². The zero-order chi connectivity index (χ0) is 18.3. The average molecular weight is 354 g/mol. The Morgan fingerprint density at radius 3 is 2.42 bits per heavy atom. The molecule has 7 heteroatoms. The highest BCUT2D eigenvalue weighted by atomic mass is 32.2. The Kier molecular flexibility index (Phi) is 4.80. The Balaban J connectivity index is 2.20. The third kappa shape index (κ3) is 3.78. The maximum absolute atomic E-state index is 12.3. The highest BCUT2D eigenvalue weighted by Crippen LogP contribution is 2.64. The smallest absolute Gasteiger partial charge is 0.310 e. The van der Waals surface area contributed by atoms with Crippen LogP contribution in [-0.4, -0.2) is 31.5 Å². The Morgan fingerprint density at radius 1 is 1.33 bits per heavy atom. The van der Waals surface area contributed by atoms with Gasteiger partial charge in [-0.05, 0) is 44.7 Å².